The third-order valence-corrected chi connectivity index (χ3v) is 21.7. The molecule has 2 saturated carbocycles. The van der Waals surface area contributed by atoms with E-state index in [4.69, 9.17) is 39.6 Å². The molecule has 35 heteroatoms. The summed E-state index contributed by atoms with van der Waals surface area (Å²) < 4.78 is 37.1. The van der Waals surface area contributed by atoms with Crippen molar-refractivity contribution in [3.8, 4) is 0 Å². The van der Waals surface area contributed by atoms with Gasteiger partial charge in [-0.1, -0.05) is 105 Å². The highest BCUT2D eigenvalue weighted by atomic mass is 16.6. The Labute approximate surface area is 647 Å². The number of nitrogens with one attached hydrogen (secondary N) is 9. The van der Waals surface area contributed by atoms with Gasteiger partial charge in [0.15, 0.2) is 23.4 Å². The summed E-state index contributed by atoms with van der Waals surface area (Å²) in [6, 6.07) is 21.8. The van der Waals surface area contributed by atoms with Gasteiger partial charge in [-0.3, -0.25) is 67.7 Å². The zero-order valence-corrected chi connectivity index (χ0v) is 62.7. The number of carboxylic acid groups (broad SMARTS) is 1. The molecule has 4 aliphatic heterocycles. The number of nitrogens with two attached hydrogens (primary N) is 1. The highest BCUT2D eigenvalue weighted by Gasteiger charge is 2.78. The average molecular weight is 1570 g/mol. The van der Waals surface area contributed by atoms with Crippen molar-refractivity contribution in [3.63, 3.8) is 0 Å². The second-order valence-corrected chi connectivity index (χ2v) is 29.4. The van der Waals surface area contributed by atoms with Crippen LogP contribution in [0.2, 0.25) is 0 Å². The molecule has 0 radical (unpaired) electrons. The van der Waals surface area contributed by atoms with Crippen molar-refractivity contribution in [1.82, 2.24) is 47.4 Å². The number of carbonyl (C=O) groups excluding carboxylic acids is 14. The van der Waals surface area contributed by atoms with Gasteiger partial charge in [-0.05, 0) is 78.8 Å². The highest BCUT2D eigenvalue weighted by Crippen LogP contribution is 2.64. The number of carboxylic acids is 1. The van der Waals surface area contributed by atoms with E-state index in [2.05, 4.69) is 42.5 Å². The summed E-state index contributed by atoms with van der Waals surface area (Å²) in [6.45, 7) is 5.72. The summed E-state index contributed by atoms with van der Waals surface area (Å²) >= 11 is 0. The monoisotopic (exact) mass is 1570 g/mol. The van der Waals surface area contributed by atoms with Gasteiger partial charge in [0, 0.05) is 70.3 Å². The van der Waals surface area contributed by atoms with E-state index in [1.54, 1.807) is 78.9 Å². The van der Waals surface area contributed by atoms with Crippen molar-refractivity contribution < 1.29 is 116 Å². The van der Waals surface area contributed by atoms with Crippen LogP contribution in [0.15, 0.2) is 126 Å². The standard InChI is InChI=1S/C78H91N11O24/c1-40-52(34-78(107)66(112-72(105)47-21-14-9-15-22-47)64-76(6,53(92)33-54-77(64,39-108-54)113-42(3)91)65(99)62(109-41(2)90)60(40)75(78,4)5)110-73(106)63(61(45-17-10-7-11-18-45)88-67(100)46-19-12-8-13-20-46)111-59(98)29-28-55(93)82-35-43-24-26-44(27-25-43)38-89-51-32-56(94)85-48(23-16-30-81-74(79)80)68(101)84-37-57(95)86-49(31-58(96)97)69(102)83-36-50(71(89)104)87-70(51)103/h7-15,17-22,24-27,48-54,61-64,66,92,107H,16,23,28-39H2,1-6H3,(H,82,93)(H,83,102)(H,84,101)(H,85,94)(H,86,95)(H,87,103)(H,88,100)(H,96,97)(H4,79,80,81)/t48-,49-,50+,51-,52-,53-,54+,61-,62+,63+,64-,66-,76+,77-,78+/m0/s1. The molecule has 3 aliphatic carbocycles. The predicted molar refractivity (Wildman–Crippen MR) is 391 cm³/mol. The number of fused-ring (bicyclic) bond motifs is 19. The van der Waals surface area contributed by atoms with Crippen LogP contribution in [0.5, 0.6) is 0 Å². The molecule has 11 rings (SSSR count). The van der Waals surface area contributed by atoms with Crippen molar-refractivity contribution in [1.29, 1.82) is 5.41 Å². The van der Waals surface area contributed by atoms with E-state index in [9.17, 15) is 77.6 Å². The number of benzene rings is 4. The molecule has 0 aromatic heterocycles. The molecular weight excluding hydrogens is 1470 g/mol. The van der Waals surface area contributed by atoms with Crippen LogP contribution in [0.25, 0.3) is 0 Å². The second kappa shape index (κ2) is 35.2. The fourth-order valence-electron chi connectivity index (χ4n) is 15.8. The molecule has 602 valence electrons. The molecule has 6 fully saturated rings. The molecule has 15 atom stereocenters. The molecule has 8 amide bonds. The Balaban J connectivity index is 0.905. The number of rotatable bonds is 24. The van der Waals surface area contributed by atoms with Gasteiger partial charge in [0.25, 0.3) is 5.91 Å². The third-order valence-electron chi connectivity index (χ3n) is 21.7. The maximum Gasteiger partial charge on any atom is 0.350 e. The summed E-state index contributed by atoms with van der Waals surface area (Å²) in [5.74, 6) is -16.9. The SMILES string of the molecule is CC(=O)O[C@H]1C(=O)[C@@]2(C)[C@H]([C@H](OC(=O)c3ccccc3)[C@]3(O)C[C@H](OC(=O)[C@H](OC(=O)CCC(=O)NCc4ccc(CN5C(=O)[C@H]6CNC(=O)[C@H](CC(=O)O)NC(=O)CNC(=O)[C@H](CCCNC(=N)N)NC(=O)C[C@H]5C(=O)N6)cc4)[C@@H](NC(=O)c4ccccc4)c4ccccc4)C(C)=C1C3(C)C)[C@]1(OC(C)=O)CO[C@@H]1C[C@@H]2O. The Morgan fingerprint density at radius 2 is 1.37 bits per heavy atom. The van der Waals surface area contributed by atoms with Crippen LogP contribution in [0, 0.1) is 22.2 Å². The smallest absolute Gasteiger partial charge is 0.350 e. The number of ether oxygens (including phenoxy) is 6. The molecule has 0 unspecified atom stereocenters. The number of hydrogen-bond donors (Lipinski definition) is 13. The number of aliphatic carboxylic acids is 1. The molecule has 14 N–H and O–H groups in total. The molecule has 4 heterocycles. The van der Waals surface area contributed by atoms with Gasteiger partial charge in [-0.25, -0.2) is 9.59 Å². The zero-order valence-electron chi connectivity index (χ0n) is 62.7. The molecule has 4 aromatic rings. The predicted octanol–water partition coefficient (Wildman–Crippen LogP) is -0.0775. The summed E-state index contributed by atoms with van der Waals surface area (Å²) in [5.41, 5.74) is -2.18. The van der Waals surface area contributed by atoms with Gasteiger partial charge in [-0.2, -0.15) is 0 Å². The summed E-state index contributed by atoms with van der Waals surface area (Å²) in [4.78, 5) is 211. The first-order chi connectivity index (χ1) is 53.6. The van der Waals surface area contributed by atoms with E-state index >= 15 is 9.59 Å². The van der Waals surface area contributed by atoms with Gasteiger partial charge in [0.2, 0.25) is 47.5 Å². The number of guanidine groups is 1. The van der Waals surface area contributed by atoms with E-state index in [0.717, 1.165) is 18.7 Å². The summed E-state index contributed by atoms with van der Waals surface area (Å²) in [5, 5.41) is 63.7. The van der Waals surface area contributed by atoms with Gasteiger partial charge in [0.1, 0.15) is 54.1 Å². The molecule has 7 aliphatic rings. The van der Waals surface area contributed by atoms with Crippen LogP contribution >= 0.6 is 0 Å². The maximum absolute atomic E-state index is 16.0. The molecule has 113 heavy (non-hydrogen) atoms. The first kappa shape index (κ1) is 83.5. The molecule has 0 spiro atoms. The average Bonchev–Trinajstić information content (AvgIpc) is 0.668. The number of Topliss-reactive ketones (excluding diaryl/α,β-unsaturated/α-hetero) is 1. The number of hydrogen-bond acceptors (Lipinski definition) is 24. The number of aliphatic hydroxyl groups excluding tert-OH is 1. The van der Waals surface area contributed by atoms with Crippen molar-refractivity contribution >= 4 is 94.8 Å². The second-order valence-electron chi connectivity index (χ2n) is 29.4. The molecule has 4 aromatic carbocycles. The van der Waals surface area contributed by atoms with Crippen LogP contribution in [-0.2, 0) is 104 Å². The highest BCUT2D eigenvalue weighted by molar-refractivity contribution is 6.01. The van der Waals surface area contributed by atoms with E-state index < -0.39 is 235 Å². The largest absolute Gasteiger partial charge is 0.481 e. The third kappa shape index (κ3) is 18.5. The van der Waals surface area contributed by atoms with Crippen molar-refractivity contribution in [2.24, 2.45) is 22.5 Å². The molecular formula is C78H91N11O24. The Morgan fingerprint density at radius 3 is 1.99 bits per heavy atom. The lowest BCUT2D eigenvalue weighted by Crippen LogP contribution is -2.82. The van der Waals surface area contributed by atoms with E-state index in [1.807, 2.05) is 0 Å². The van der Waals surface area contributed by atoms with Crippen molar-refractivity contribution in [2.75, 3.05) is 26.2 Å². The number of esters is 5. The number of amides is 8. The van der Waals surface area contributed by atoms with Crippen LogP contribution in [0.1, 0.15) is 136 Å². The van der Waals surface area contributed by atoms with Gasteiger partial charge >= 0.3 is 35.8 Å². The first-order valence-corrected chi connectivity index (χ1v) is 36.7. The topological polar surface area (TPSA) is 521 Å². The summed E-state index contributed by atoms with van der Waals surface area (Å²) in [6.07, 6.45) is -14.6. The minimum Gasteiger partial charge on any atom is -0.481 e. The fraction of sp³-hybridized carbons (Fsp3) is 0.462. The lowest BCUT2D eigenvalue weighted by molar-refractivity contribution is -0.346. The Kier molecular flexibility index (Phi) is 26.0. The number of nitrogens with zero attached hydrogens (tertiary/aromatic N) is 1. The van der Waals surface area contributed by atoms with Crippen LogP contribution in [0.3, 0.4) is 0 Å². The quantitative estimate of drug-likeness (QED) is 0.00830. The summed E-state index contributed by atoms with van der Waals surface area (Å²) in [7, 11) is 0. The van der Waals surface area contributed by atoms with E-state index in [-0.39, 0.29) is 72.7 Å². The van der Waals surface area contributed by atoms with Gasteiger partial charge < -0.3 is 96.9 Å². The van der Waals surface area contributed by atoms with Crippen molar-refractivity contribution in [3.05, 3.63) is 154 Å². The maximum atomic E-state index is 16.0. The number of carbonyl (C=O) groups is 15. The van der Waals surface area contributed by atoms with E-state index in [1.165, 1.54) is 64.1 Å². The molecule has 35 nitrogen and oxygen atoms in total. The minimum atomic E-state index is -2.60. The van der Waals surface area contributed by atoms with Gasteiger partial charge in [0.05, 0.1) is 55.4 Å². The lowest BCUT2D eigenvalue weighted by Gasteiger charge is -2.67. The minimum absolute atomic E-state index is 0.0193. The number of ketones is 1. The number of piperazine rings is 1. The fourth-order valence-corrected chi connectivity index (χ4v) is 15.8. The Morgan fingerprint density at radius 1 is 0.743 bits per heavy atom. The zero-order chi connectivity index (χ0) is 82.0. The molecule has 4 saturated heterocycles. The lowest BCUT2D eigenvalue weighted by atomic mass is 9.44. The number of aliphatic hydroxyl groups is 2. The first-order valence-electron chi connectivity index (χ1n) is 36.7. The van der Waals surface area contributed by atoms with E-state index in [0.29, 0.717) is 11.1 Å². The van der Waals surface area contributed by atoms with Gasteiger partial charge in [-0.15, -0.1) is 0 Å². The van der Waals surface area contributed by atoms with Crippen LogP contribution < -0.4 is 48.3 Å². The van der Waals surface area contributed by atoms with Crippen LogP contribution in [0.4, 0.5) is 0 Å². The Bertz CT molecular complexity index is 4410. The molecule has 4 bridgehead atoms. The van der Waals surface area contributed by atoms with Crippen molar-refractivity contribution in [2.45, 2.75) is 184 Å². The Hall–Kier alpha value is -12.0. The van der Waals surface area contributed by atoms with Crippen LogP contribution in [-0.4, -0.2) is 213 Å². The normalized spacial score (nSPS) is 27.4.